The van der Waals surface area contributed by atoms with Crippen molar-refractivity contribution in [2.45, 2.75) is 99.6 Å². The van der Waals surface area contributed by atoms with Crippen LogP contribution in [0, 0.1) is 11.6 Å². The maximum absolute atomic E-state index is 14.0. The topological polar surface area (TPSA) is 115 Å². The lowest BCUT2D eigenvalue weighted by molar-refractivity contribution is -0.146. The SMILES string of the molecule is O=C1C[C@@H]2O[C@H](CN(Cc3ccc(F)c(F)c3)C[C@@H]3CN(CCO3)C(=O)[C@@H]3C[C@@H](CN3C3CCC(F)(F)CC3)N1)[C@@H](O)[C@H]2O. The Morgan fingerprint density at radius 1 is 0.977 bits per heavy atom. The van der Waals surface area contributed by atoms with Gasteiger partial charge in [-0.3, -0.25) is 19.4 Å². The van der Waals surface area contributed by atoms with E-state index in [9.17, 15) is 37.4 Å². The lowest BCUT2D eigenvalue weighted by Crippen LogP contribution is -2.56. The summed E-state index contributed by atoms with van der Waals surface area (Å²) in [5, 5.41) is 24.5. The molecule has 2 amide bonds. The van der Waals surface area contributed by atoms with Crippen molar-refractivity contribution in [3.05, 3.63) is 35.4 Å². The van der Waals surface area contributed by atoms with Crippen LogP contribution in [0.25, 0.3) is 0 Å². The third kappa shape index (κ3) is 6.90. The molecular weight excluding hydrogens is 588 g/mol. The van der Waals surface area contributed by atoms with Crippen LogP contribution >= 0.6 is 0 Å². The number of ether oxygens (including phenoxy) is 2. The van der Waals surface area contributed by atoms with Gasteiger partial charge in [0.2, 0.25) is 17.7 Å². The van der Waals surface area contributed by atoms with Crippen molar-refractivity contribution in [1.82, 2.24) is 20.0 Å². The van der Waals surface area contributed by atoms with Gasteiger partial charge in [-0.25, -0.2) is 17.6 Å². The molecule has 0 unspecified atom stereocenters. The van der Waals surface area contributed by atoms with Crippen LogP contribution in [-0.2, 0) is 25.6 Å². The molecule has 7 atom stereocenters. The third-order valence-corrected chi connectivity index (χ3v) is 9.73. The summed E-state index contributed by atoms with van der Waals surface area (Å²) in [4.78, 5) is 32.6. The fourth-order valence-electron chi connectivity index (χ4n) is 7.47. The van der Waals surface area contributed by atoms with E-state index in [0.29, 0.717) is 25.1 Å². The van der Waals surface area contributed by atoms with Crippen LogP contribution in [-0.4, -0.2) is 131 Å². The highest BCUT2D eigenvalue weighted by atomic mass is 19.3. The Bertz CT molecular complexity index is 1220. The number of alkyl halides is 2. The molecule has 0 aromatic heterocycles. The number of fused-ring (bicyclic) bond motifs is 6. The first kappa shape index (κ1) is 31.6. The summed E-state index contributed by atoms with van der Waals surface area (Å²) in [7, 11) is 0. The Hall–Kier alpha value is -2.36. The first-order chi connectivity index (χ1) is 21.0. The maximum atomic E-state index is 14.0. The molecule has 4 heterocycles. The molecule has 244 valence electrons. The summed E-state index contributed by atoms with van der Waals surface area (Å²) in [6.45, 7) is 1.69. The summed E-state index contributed by atoms with van der Waals surface area (Å²) in [5.74, 6) is -5.24. The van der Waals surface area contributed by atoms with E-state index in [1.807, 2.05) is 9.80 Å². The molecule has 10 nitrogen and oxygen atoms in total. The van der Waals surface area contributed by atoms with Crippen LogP contribution in [0.2, 0.25) is 0 Å². The molecular formula is C30H40F4N4O6. The van der Waals surface area contributed by atoms with Crippen LogP contribution in [0.4, 0.5) is 17.6 Å². The van der Waals surface area contributed by atoms with Crippen LogP contribution in [0.5, 0.6) is 0 Å². The number of likely N-dealkylation sites (tertiary alicyclic amines) is 1. The Kier molecular flexibility index (Phi) is 9.20. The van der Waals surface area contributed by atoms with Crippen molar-refractivity contribution >= 4 is 11.8 Å². The van der Waals surface area contributed by atoms with Crippen molar-refractivity contribution in [1.29, 1.82) is 0 Å². The molecule has 1 saturated carbocycles. The minimum atomic E-state index is -2.72. The van der Waals surface area contributed by atoms with Crippen molar-refractivity contribution in [3.63, 3.8) is 0 Å². The van der Waals surface area contributed by atoms with Gasteiger partial charge in [0.1, 0.15) is 12.2 Å². The standard InChI is InChI=1S/C30H40F4N4O6/c31-21-2-1-17(9-22(21)32)12-36-14-20-15-37(7-8-43-20)29(42)23-10-18(13-38(23)19-3-5-30(33,34)6-4-19)35-26(39)11-24-27(40)28(41)25(16-36)44-24/h1-2,9,18-20,23-25,27-28,40-41H,3-8,10-16H2,(H,35,39)/t18-,20+,23-,24-,25+,27-,28+/m0/s1. The minimum Gasteiger partial charge on any atom is -0.388 e. The number of hydrogen-bond acceptors (Lipinski definition) is 8. The second-order valence-electron chi connectivity index (χ2n) is 12.9. The third-order valence-electron chi connectivity index (χ3n) is 9.73. The largest absolute Gasteiger partial charge is 0.388 e. The van der Waals surface area contributed by atoms with Gasteiger partial charge >= 0.3 is 0 Å². The van der Waals surface area contributed by atoms with Gasteiger partial charge in [0.05, 0.1) is 37.4 Å². The Morgan fingerprint density at radius 3 is 2.48 bits per heavy atom. The summed E-state index contributed by atoms with van der Waals surface area (Å²) >= 11 is 0. The Balaban J connectivity index is 1.26. The number of rotatable bonds is 3. The molecule has 1 aliphatic carbocycles. The molecule has 6 bridgehead atoms. The zero-order valence-corrected chi connectivity index (χ0v) is 24.4. The van der Waals surface area contributed by atoms with Gasteiger partial charge < -0.3 is 29.9 Å². The number of nitrogens with one attached hydrogen (secondary N) is 1. The number of benzene rings is 1. The first-order valence-corrected chi connectivity index (χ1v) is 15.5. The van der Waals surface area contributed by atoms with E-state index in [4.69, 9.17) is 9.47 Å². The summed E-state index contributed by atoms with van der Waals surface area (Å²) in [5.41, 5.74) is 0.469. The highest BCUT2D eigenvalue weighted by Crippen LogP contribution is 2.38. The van der Waals surface area contributed by atoms with E-state index in [2.05, 4.69) is 5.32 Å². The number of carbonyl (C=O) groups excluding carboxylic acids is 2. The van der Waals surface area contributed by atoms with E-state index in [1.165, 1.54) is 6.07 Å². The molecule has 4 aliphatic heterocycles. The number of amides is 2. The molecule has 3 N–H and O–H groups in total. The van der Waals surface area contributed by atoms with Crippen LogP contribution in [0.3, 0.4) is 0 Å². The molecule has 5 aliphatic rings. The van der Waals surface area contributed by atoms with Gasteiger partial charge in [0.25, 0.3) is 0 Å². The minimum absolute atomic E-state index is 0.0918. The van der Waals surface area contributed by atoms with Gasteiger partial charge in [0, 0.05) is 64.2 Å². The van der Waals surface area contributed by atoms with Crippen molar-refractivity contribution in [2.75, 3.05) is 39.3 Å². The second-order valence-corrected chi connectivity index (χ2v) is 12.9. The second kappa shape index (κ2) is 12.8. The molecule has 0 spiro atoms. The van der Waals surface area contributed by atoms with E-state index < -0.39 is 66.1 Å². The van der Waals surface area contributed by atoms with Crippen molar-refractivity contribution in [2.24, 2.45) is 0 Å². The monoisotopic (exact) mass is 628 g/mol. The molecule has 1 aromatic rings. The first-order valence-electron chi connectivity index (χ1n) is 15.5. The van der Waals surface area contributed by atoms with Gasteiger partial charge in [0.15, 0.2) is 11.6 Å². The highest BCUT2D eigenvalue weighted by molar-refractivity contribution is 5.83. The number of morpholine rings is 1. The lowest BCUT2D eigenvalue weighted by Gasteiger charge is -2.41. The Labute approximate surface area is 253 Å². The van der Waals surface area contributed by atoms with Crippen LogP contribution < -0.4 is 5.32 Å². The zero-order chi connectivity index (χ0) is 31.2. The fraction of sp³-hybridized carbons (Fsp3) is 0.733. The molecule has 1 aromatic carbocycles. The number of aliphatic hydroxyl groups excluding tert-OH is 2. The van der Waals surface area contributed by atoms with E-state index >= 15 is 0 Å². The fourth-order valence-corrected chi connectivity index (χ4v) is 7.47. The van der Waals surface area contributed by atoms with E-state index in [1.54, 1.807) is 4.90 Å². The summed E-state index contributed by atoms with van der Waals surface area (Å²) in [6.07, 6.45) is -4.83. The number of halogens is 4. The number of hydrogen-bond donors (Lipinski definition) is 3. The molecule has 44 heavy (non-hydrogen) atoms. The molecule has 4 saturated heterocycles. The smallest absolute Gasteiger partial charge is 0.248 e. The maximum Gasteiger partial charge on any atom is 0.248 e. The van der Waals surface area contributed by atoms with Crippen molar-refractivity contribution in [3.8, 4) is 0 Å². The van der Waals surface area contributed by atoms with Gasteiger partial charge in [-0.05, 0) is 37.0 Å². The van der Waals surface area contributed by atoms with Crippen LogP contribution in [0.1, 0.15) is 44.1 Å². The lowest BCUT2D eigenvalue weighted by atomic mass is 9.90. The summed E-state index contributed by atoms with van der Waals surface area (Å²) < 4.78 is 67.6. The Morgan fingerprint density at radius 2 is 1.73 bits per heavy atom. The molecule has 5 fully saturated rings. The number of aliphatic hydroxyl groups is 2. The molecule has 6 rings (SSSR count). The average molecular weight is 629 g/mol. The number of carbonyl (C=O) groups is 2. The van der Waals surface area contributed by atoms with Crippen molar-refractivity contribution < 1.29 is 46.8 Å². The number of nitrogens with zero attached hydrogens (tertiary/aromatic N) is 3. The highest BCUT2D eigenvalue weighted by Gasteiger charge is 2.48. The van der Waals surface area contributed by atoms with Crippen LogP contribution in [0.15, 0.2) is 18.2 Å². The average Bonchev–Trinajstić information content (AvgIpc) is 3.50. The molecule has 0 radical (unpaired) electrons. The predicted octanol–water partition coefficient (Wildman–Crippen LogP) is 1.02. The predicted molar refractivity (Wildman–Crippen MR) is 147 cm³/mol. The van der Waals surface area contributed by atoms with Gasteiger partial charge in [-0.2, -0.15) is 0 Å². The zero-order valence-electron chi connectivity index (χ0n) is 24.4. The van der Waals surface area contributed by atoms with Gasteiger partial charge in [-0.1, -0.05) is 6.07 Å². The van der Waals surface area contributed by atoms with E-state index in [0.717, 1.165) is 12.1 Å². The normalized spacial score (nSPS) is 36.0. The van der Waals surface area contributed by atoms with E-state index in [-0.39, 0.29) is 76.8 Å². The summed E-state index contributed by atoms with van der Waals surface area (Å²) in [6, 6.07) is 2.37. The molecule has 14 heteroatoms. The quantitative estimate of drug-likeness (QED) is 0.426. The van der Waals surface area contributed by atoms with Gasteiger partial charge in [-0.15, -0.1) is 0 Å².